The molecule has 0 heterocycles. The fraction of sp³-hybridized carbons (Fsp3) is 0.455. The van der Waals surface area contributed by atoms with E-state index in [1.54, 1.807) is 0 Å². The molecule has 1 saturated carbocycles. The van der Waals surface area contributed by atoms with E-state index in [2.05, 4.69) is 36.5 Å². The summed E-state index contributed by atoms with van der Waals surface area (Å²) < 4.78 is 0. The largest absolute Gasteiger partial charge is 0.382 e. The molecule has 1 aliphatic carbocycles. The summed E-state index contributed by atoms with van der Waals surface area (Å²) in [5, 5.41) is 3.50. The zero-order valence-electron chi connectivity index (χ0n) is 7.46. The summed E-state index contributed by atoms with van der Waals surface area (Å²) in [5.74, 6) is 0.921. The summed E-state index contributed by atoms with van der Waals surface area (Å²) >= 11 is 0. The molecule has 12 heavy (non-hydrogen) atoms. The van der Waals surface area contributed by atoms with E-state index in [1.165, 1.54) is 18.5 Å². The van der Waals surface area contributed by atoms with Crippen LogP contribution in [-0.2, 0) is 0 Å². The Kier molecular flexibility index (Phi) is 2.03. The highest BCUT2D eigenvalue weighted by atomic mass is 14.9. The van der Waals surface area contributed by atoms with Gasteiger partial charge in [-0.05, 0) is 37.8 Å². The molecule has 64 valence electrons. The third kappa shape index (κ3) is 1.79. The van der Waals surface area contributed by atoms with E-state index in [1.807, 2.05) is 6.07 Å². The summed E-state index contributed by atoms with van der Waals surface area (Å²) in [6.45, 7) is 2.27. The molecule has 0 aliphatic heterocycles. The molecular formula is C11H15N. The van der Waals surface area contributed by atoms with Gasteiger partial charge in [0.05, 0.1) is 0 Å². The molecule has 1 fully saturated rings. The van der Waals surface area contributed by atoms with E-state index in [-0.39, 0.29) is 0 Å². The van der Waals surface area contributed by atoms with Crippen LogP contribution in [0.5, 0.6) is 0 Å². The number of anilines is 1. The molecular weight excluding hydrogens is 146 g/mol. The molecule has 1 N–H and O–H groups in total. The smallest absolute Gasteiger partial charge is 0.0342 e. The van der Waals surface area contributed by atoms with Gasteiger partial charge in [-0.3, -0.25) is 0 Å². The van der Waals surface area contributed by atoms with Gasteiger partial charge < -0.3 is 5.32 Å². The highest BCUT2D eigenvalue weighted by molar-refractivity contribution is 5.43. The van der Waals surface area contributed by atoms with Crippen LogP contribution in [0.15, 0.2) is 30.3 Å². The first kappa shape index (κ1) is 7.66. The molecule has 1 aromatic rings. The van der Waals surface area contributed by atoms with Gasteiger partial charge in [0.25, 0.3) is 0 Å². The lowest BCUT2D eigenvalue weighted by molar-refractivity contribution is 0.694. The normalized spacial score (nSPS) is 18.8. The van der Waals surface area contributed by atoms with Gasteiger partial charge in [-0.2, -0.15) is 0 Å². The number of hydrogen-bond acceptors (Lipinski definition) is 1. The average Bonchev–Trinajstić information content (AvgIpc) is 2.88. The quantitative estimate of drug-likeness (QED) is 0.718. The second-order valence-electron chi connectivity index (χ2n) is 3.64. The van der Waals surface area contributed by atoms with Gasteiger partial charge in [0.15, 0.2) is 0 Å². The van der Waals surface area contributed by atoms with Crippen LogP contribution in [0, 0.1) is 5.92 Å². The number of nitrogens with one attached hydrogen (secondary N) is 1. The first-order chi connectivity index (χ1) is 5.86. The molecule has 1 atom stereocenters. The molecule has 1 heteroatoms. The van der Waals surface area contributed by atoms with E-state index in [9.17, 15) is 0 Å². The molecule has 0 bridgehead atoms. The van der Waals surface area contributed by atoms with Crippen molar-refractivity contribution in [2.24, 2.45) is 5.92 Å². The summed E-state index contributed by atoms with van der Waals surface area (Å²) in [7, 11) is 0. The Morgan fingerprint density at radius 3 is 2.50 bits per heavy atom. The Hall–Kier alpha value is -0.980. The minimum Gasteiger partial charge on any atom is -0.382 e. The van der Waals surface area contributed by atoms with Crippen molar-refractivity contribution < 1.29 is 0 Å². The molecule has 1 aliphatic rings. The summed E-state index contributed by atoms with van der Waals surface area (Å²) in [6, 6.07) is 11.1. The third-order valence-corrected chi connectivity index (χ3v) is 2.50. The minimum atomic E-state index is 0.646. The van der Waals surface area contributed by atoms with Crippen molar-refractivity contribution in [3.8, 4) is 0 Å². The molecule has 0 saturated heterocycles. The zero-order valence-corrected chi connectivity index (χ0v) is 7.46. The van der Waals surface area contributed by atoms with Gasteiger partial charge in [0.2, 0.25) is 0 Å². The highest BCUT2D eigenvalue weighted by Gasteiger charge is 2.27. The maximum absolute atomic E-state index is 3.50. The van der Waals surface area contributed by atoms with Crippen LogP contribution in [0.1, 0.15) is 19.8 Å². The van der Waals surface area contributed by atoms with E-state index in [0.717, 1.165) is 5.92 Å². The number of hydrogen-bond donors (Lipinski definition) is 1. The molecule has 1 unspecified atom stereocenters. The maximum Gasteiger partial charge on any atom is 0.0342 e. The second-order valence-corrected chi connectivity index (χ2v) is 3.64. The lowest BCUT2D eigenvalue weighted by atomic mass is 10.2. The Labute approximate surface area is 73.8 Å². The predicted octanol–water partition coefficient (Wildman–Crippen LogP) is 2.90. The SMILES string of the molecule is CC(Nc1ccccc1)C1CC1. The number of rotatable bonds is 3. The van der Waals surface area contributed by atoms with Crippen LogP contribution >= 0.6 is 0 Å². The van der Waals surface area contributed by atoms with E-state index < -0.39 is 0 Å². The average molecular weight is 161 g/mol. The molecule has 0 spiro atoms. The van der Waals surface area contributed by atoms with Gasteiger partial charge in [-0.25, -0.2) is 0 Å². The molecule has 0 radical (unpaired) electrons. The van der Waals surface area contributed by atoms with Gasteiger partial charge in [0, 0.05) is 11.7 Å². The van der Waals surface area contributed by atoms with Crippen LogP contribution in [0.25, 0.3) is 0 Å². The van der Waals surface area contributed by atoms with Gasteiger partial charge in [-0.1, -0.05) is 18.2 Å². The molecule has 0 aromatic heterocycles. The molecule has 2 rings (SSSR count). The Morgan fingerprint density at radius 1 is 1.25 bits per heavy atom. The maximum atomic E-state index is 3.50. The minimum absolute atomic E-state index is 0.646. The Morgan fingerprint density at radius 2 is 1.92 bits per heavy atom. The molecule has 1 aromatic carbocycles. The van der Waals surface area contributed by atoms with Crippen molar-refractivity contribution >= 4 is 5.69 Å². The topological polar surface area (TPSA) is 12.0 Å². The van der Waals surface area contributed by atoms with Gasteiger partial charge >= 0.3 is 0 Å². The van der Waals surface area contributed by atoms with Crippen molar-refractivity contribution in [3.05, 3.63) is 30.3 Å². The lowest BCUT2D eigenvalue weighted by Gasteiger charge is -2.13. The van der Waals surface area contributed by atoms with Gasteiger partial charge in [-0.15, -0.1) is 0 Å². The monoisotopic (exact) mass is 161 g/mol. The number of benzene rings is 1. The van der Waals surface area contributed by atoms with Crippen molar-refractivity contribution in [3.63, 3.8) is 0 Å². The number of para-hydroxylation sites is 1. The van der Waals surface area contributed by atoms with Crippen molar-refractivity contribution in [2.75, 3.05) is 5.32 Å². The van der Waals surface area contributed by atoms with Crippen LogP contribution < -0.4 is 5.32 Å². The summed E-state index contributed by atoms with van der Waals surface area (Å²) in [6.07, 6.45) is 2.81. The first-order valence-electron chi connectivity index (χ1n) is 4.68. The van der Waals surface area contributed by atoms with Crippen molar-refractivity contribution in [1.82, 2.24) is 0 Å². The van der Waals surface area contributed by atoms with Crippen LogP contribution in [0.4, 0.5) is 5.69 Å². The first-order valence-corrected chi connectivity index (χ1v) is 4.68. The highest BCUT2D eigenvalue weighted by Crippen LogP contribution is 2.33. The lowest BCUT2D eigenvalue weighted by Crippen LogP contribution is -2.16. The fourth-order valence-electron chi connectivity index (χ4n) is 1.51. The summed E-state index contributed by atoms with van der Waals surface area (Å²) in [5.41, 5.74) is 1.25. The Balaban J connectivity index is 1.94. The fourth-order valence-corrected chi connectivity index (χ4v) is 1.51. The third-order valence-electron chi connectivity index (χ3n) is 2.50. The summed E-state index contributed by atoms with van der Waals surface area (Å²) in [4.78, 5) is 0. The zero-order chi connectivity index (χ0) is 8.39. The van der Waals surface area contributed by atoms with E-state index in [0.29, 0.717) is 6.04 Å². The van der Waals surface area contributed by atoms with E-state index in [4.69, 9.17) is 0 Å². The predicted molar refractivity (Wildman–Crippen MR) is 52.3 cm³/mol. The van der Waals surface area contributed by atoms with Crippen LogP contribution in [-0.4, -0.2) is 6.04 Å². The Bertz CT molecular complexity index is 238. The van der Waals surface area contributed by atoms with Gasteiger partial charge in [0.1, 0.15) is 0 Å². The van der Waals surface area contributed by atoms with Crippen molar-refractivity contribution in [1.29, 1.82) is 0 Å². The van der Waals surface area contributed by atoms with E-state index >= 15 is 0 Å². The molecule has 1 nitrogen and oxygen atoms in total. The van der Waals surface area contributed by atoms with Crippen LogP contribution in [0.2, 0.25) is 0 Å². The van der Waals surface area contributed by atoms with Crippen molar-refractivity contribution in [2.45, 2.75) is 25.8 Å². The van der Waals surface area contributed by atoms with Crippen LogP contribution in [0.3, 0.4) is 0 Å². The standard InChI is InChI=1S/C11H15N/c1-9(10-7-8-10)12-11-5-3-2-4-6-11/h2-6,9-10,12H,7-8H2,1H3. The molecule has 0 amide bonds. The second kappa shape index (κ2) is 3.18.